The minimum atomic E-state index is -3.64. The lowest BCUT2D eigenvalue weighted by Crippen LogP contribution is -2.51. The second-order valence-electron chi connectivity index (χ2n) is 6.24. The molecule has 1 aliphatic heterocycles. The number of thiophene rings is 1. The lowest BCUT2D eigenvalue weighted by Gasteiger charge is -2.33. The maximum absolute atomic E-state index is 12.8. The molecule has 0 unspecified atom stereocenters. The topological polar surface area (TPSA) is 87.9 Å². The van der Waals surface area contributed by atoms with E-state index in [1.54, 1.807) is 24.3 Å². The summed E-state index contributed by atoms with van der Waals surface area (Å²) < 4.78 is 32.4. The van der Waals surface area contributed by atoms with Crippen LogP contribution in [0.25, 0.3) is 11.0 Å². The van der Waals surface area contributed by atoms with Crippen molar-refractivity contribution in [2.75, 3.05) is 26.2 Å². The maximum atomic E-state index is 12.8. The number of carbonyl (C=O) groups excluding carboxylic acids is 1. The number of fused-ring (bicyclic) bond motifs is 1. The third-order valence-corrected chi connectivity index (χ3v) is 8.14. The van der Waals surface area contributed by atoms with Gasteiger partial charge < -0.3 is 9.32 Å². The van der Waals surface area contributed by atoms with Crippen molar-refractivity contribution >= 4 is 49.8 Å². The van der Waals surface area contributed by atoms with Crippen molar-refractivity contribution < 1.29 is 17.6 Å². The second kappa shape index (κ2) is 7.32. The second-order valence-corrected chi connectivity index (χ2v) is 10.1. The minimum absolute atomic E-state index is 0.0555. The van der Waals surface area contributed by atoms with Gasteiger partial charge in [-0.3, -0.25) is 4.79 Å². The Balaban J connectivity index is 1.52. The molecule has 1 saturated heterocycles. The zero-order valence-electron chi connectivity index (χ0n) is 14.5. The Bertz CT molecular complexity index is 1210. The lowest BCUT2D eigenvalue weighted by atomic mass is 10.1. The molecule has 10 heteroatoms. The van der Waals surface area contributed by atoms with Crippen LogP contribution in [-0.4, -0.2) is 49.7 Å². The van der Waals surface area contributed by atoms with Gasteiger partial charge >= 0.3 is 5.63 Å². The molecule has 28 heavy (non-hydrogen) atoms. The number of benzene rings is 1. The maximum Gasteiger partial charge on any atom is 0.349 e. The van der Waals surface area contributed by atoms with Crippen LogP contribution in [0.3, 0.4) is 0 Å². The van der Waals surface area contributed by atoms with Crippen molar-refractivity contribution in [3.05, 3.63) is 62.8 Å². The number of sulfonamides is 1. The predicted octanol–water partition coefficient (Wildman–Crippen LogP) is 2.65. The van der Waals surface area contributed by atoms with Crippen LogP contribution >= 0.6 is 22.9 Å². The van der Waals surface area contributed by atoms with E-state index < -0.39 is 21.6 Å². The van der Waals surface area contributed by atoms with Gasteiger partial charge in [-0.25, -0.2) is 13.2 Å². The molecule has 2 aromatic heterocycles. The number of para-hydroxylation sites is 1. The van der Waals surface area contributed by atoms with Gasteiger partial charge in [0, 0.05) is 31.6 Å². The summed E-state index contributed by atoms with van der Waals surface area (Å²) in [5, 5.41) is 0.654. The Hall–Kier alpha value is -2.20. The van der Waals surface area contributed by atoms with Crippen molar-refractivity contribution in [2.45, 2.75) is 4.21 Å². The van der Waals surface area contributed by atoms with E-state index in [1.165, 1.54) is 27.4 Å². The first-order valence-electron chi connectivity index (χ1n) is 8.44. The summed E-state index contributed by atoms with van der Waals surface area (Å²) in [6.45, 7) is 0.651. The molecule has 146 valence electrons. The van der Waals surface area contributed by atoms with Crippen LogP contribution < -0.4 is 5.63 Å². The monoisotopic (exact) mass is 438 g/mol. The molecule has 3 aromatic rings. The number of hydrogen-bond donors (Lipinski definition) is 0. The lowest BCUT2D eigenvalue weighted by molar-refractivity contribution is 0.0694. The highest BCUT2D eigenvalue weighted by atomic mass is 35.5. The van der Waals surface area contributed by atoms with E-state index in [-0.39, 0.29) is 36.0 Å². The molecule has 0 radical (unpaired) electrons. The zero-order valence-corrected chi connectivity index (χ0v) is 16.9. The molecule has 1 amide bonds. The molecule has 7 nitrogen and oxygen atoms in total. The minimum Gasteiger partial charge on any atom is -0.422 e. The number of carbonyl (C=O) groups is 1. The molecule has 0 saturated carbocycles. The SMILES string of the molecule is O=C(c1cc2ccccc2oc1=O)N1CCN(S(=O)(=O)c2ccc(Cl)s2)CC1. The number of amides is 1. The summed E-state index contributed by atoms with van der Waals surface area (Å²) >= 11 is 6.84. The van der Waals surface area contributed by atoms with Gasteiger partial charge in [0.25, 0.3) is 15.9 Å². The fraction of sp³-hybridized carbons (Fsp3) is 0.222. The Kier molecular flexibility index (Phi) is 5.00. The van der Waals surface area contributed by atoms with Crippen molar-refractivity contribution in [3.63, 3.8) is 0 Å². The van der Waals surface area contributed by atoms with Crippen molar-refractivity contribution in [1.29, 1.82) is 0 Å². The number of halogens is 1. The van der Waals surface area contributed by atoms with E-state index in [1.807, 2.05) is 0 Å². The van der Waals surface area contributed by atoms with Gasteiger partial charge in [0.1, 0.15) is 15.4 Å². The van der Waals surface area contributed by atoms with Gasteiger partial charge in [-0.1, -0.05) is 29.8 Å². The van der Waals surface area contributed by atoms with Crippen LogP contribution in [0.5, 0.6) is 0 Å². The number of piperazine rings is 1. The Labute approximate surface area is 169 Å². The van der Waals surface area contributed by atoms with E-state index in [0.29, 0.717) is 15.3 Å². The van der Waals surface area contributed by atoms with Crippen LogP contribution in [0.15, 0.2) is 55.9 Å². The molecule has 0 bridgehead atoms. The molecule has 4 rings (SSSR count). The van der Waals surface area contributed by atoms with Gasteiger partial charge in [-0.05, 0) is 24.3 Å². The van der Waals surface area contributed by atoms with Crippen LogP contribution in [-0.2, 0) is 10.0 Å². The van der Waals surface area contributed by atoms with E-state index in [2.05, 4.69) is 0 Å². The van der Waals surface area contributed by atoms with Crippen molar-refractivity contribution in [3.8, 4) is 0 Å². The Morgan fingerprint density at radius 3 is 2.46 bits per heavy atom. The fourth-order valence-corrected chi connectivity index (χ4v) is 6.14. The highest BCUT2D eigenvalue weighted by Crippen LogP contribution is 2.28. The Morgan fingerprint density at radius 2 is 1.79 bits per heavy atom. The summed E-state index contributed by atoms with van der Waals surface area (Å²) in [7, 11) is -3.64. The van der Waals surface area contributed by atoms with Gasteiger partial charge in [0.15, 0.2) is 0 Å². The quantitative estimate of drug-likeness (QED) is 0.586. The van der Waals surface area contributed by atoms with Gasteiger partial charge in [-0.15, -0.1) is 11.3 Å². The molecule has 1 fully saturated rings. The molecule has 3 heterocycles. The number of hydrogen-bond acceptors (Lipinski definition) is 6. The van der Waals surface area contributed by atoms with Crippen LogP contribution in [0, 0.1) is 0 Å². The molecule has 0 N–H and O–H groups in total. The first-order valence-corrected chi connectivity index (χ1v) is 11.1. The molecule has 0 spiro atoms. The molecule has 1 aromatic carbocycles. The number of rotatable bonds is 3. The van der Waals surface area contributed by atoms with E-state index in [0.717, 1.165) is 11.3 Å². The Morgan fingerprint density at radius 1 is 1.07 bits per heavy atom. The summed E-state index contributed by atoms with van der Waals surface area (Å²) in [5.74, 6) is -0.462. The highest BCUT2D eigenvalue weighted by molar-refractivity contribution is 7.91. The average Bonchev–Trinajstić information content (AvgIpc) is 3.14. The van der Waals surface area contributed by atoms with E-state index in [9.17, 15) is 18.0 Å². The van der Waals surface area contributed by atoms with Gasteiger partial charge in [0.05, 0.1) is 4.34 Å². The molecule has 0 aliphatic carbocycles. The molecule has 0 atom stereocenters. The summed E-state index contributed by atoms with van der Waals surface area (Å²) in [4.78, 5) is 26.4. The smallest absolute Gasteiger partial charge is 0.349 e. The van der Waals surface area contributed by atoms with E-state index >= 15 is 0 Å². The van der Waals surface area contributed by atoms with Crippen molar-refractivity contribution in [2.24, 2.45) is 0 Å². The molecule has 1 aliphatic rings. The largest absolute Gasteiger partial charge is 0.422 e. The number of nitrogens with zero attached hydrogens (tertiary/aromatic N) is 2. The van der Waals surface area contributed by atoms with Crippen LogP contribution in [0.4, 0.5) is 0 Å². The van der Waals surface area contributed by atoms with Crippen LogP contribution in [0.1, 0.15) is 10.4 Å². The predicted molar refractivity (Wildman–Crippen MR) is 106 cm³/mol. The first-order chi connectivity index (χ1) is 13.4. The molecular formula is C18H15ClN2O5S2. The van der Waals surface area contributed by atoms with E-state index in [4.69, 9.17) is 16.0 Å². The summed E-state index contributed by atoms with van der Waals surface area (Å²) in [6, 6.07) is 11.5. The summed E-state index contributed by atoms with van der Waals surface area (Å²) in [5.41, 5.74) is -0.346. The zero-order chi connectivity index (χ0) is 19.9. The van der Waals surface area contributed by atoms with Crippen LogP contribution in [0.2, 0.25) is 4.34 Å². The highest BCUT2D eigenvalue weighted by Gasteiger charge is 2.32. The summed E-state index contributed by atoms with van der Waals surface area (Å²) in [6.07, 6.45) is 0. The normalized spacial score (nSPS) is 15.8. The van der Waals surface area contributed by atoms with Gasteiger partial charge in [0.2, 0.25) is 0 Å². The standard InChI is InChI=1S/C18H15ClN2O5S2/c19-15-5-6-16(27-15)28(24,25)21-9-7-20(8-10-21)17(22)13-11-12-3-1-2-4-14(12)26-18(13)23/h1-6,11H,7-10H2. The molecular weight excluding hydrogens is 424 g/mol. The first kappa shape index (κ1) is 19.1. The van der Waals surface area contributed by atoms with Crippen molar-refractivity contribution in [1.82, 2.24) is 9.21 Å². The third kappa shape index (κ3) is 3.46. The average molecular weight is 439 g/mol. The van der Waals surface area contributed by atoms with Gasteiger partial charge in [-0.2, -0.15) is 4.31 Å². The fourth-order valence-electron chi connectivity index (χ4n) is 3.08. The third-order valence-electron chi connectivity index (χ3n) is 4.54.